The van der Waals surface area contributed by atoms with Gasteiger partial charge in [-0.25, -0.2) is 0 Å². The summed E-state index contributed by atoms with van der Waals surface area (Å²) in [7, 11) is 1.72. The fraction of sp³-hybridized carbons (Fsp3) is 0.824. The van der Waals surface area contributed by atoms with Crippen LogP contribution in [-0.4, -0.2) is 65.2 Å². The Morgan fingerprint density at radius 1 is 1.33 bits per heavy atom. The molecule has 0 bridgehead atoms. The van der Waals surface area contributed by atoms with Crippen LogP contribution in [0.5, 0.6) is 0 Å². The van der Waals surface area contributed by atoms with Gasteiger partial charge in [0.05, 0.1) is 10.6 Å². The van der Waals surface area contributed by atoms with Crippen molar-refractivity contribution in [2.24, 2.45) is 5.41 Å². The zero-order valence-electron chi connectivity index (χ0n) is 14.8. The highest BCUT2D eigenvalue weighted by Crippen LogP contribution is 2.39. The Kier molecular flexibility index (Phi) is 5.84. The van der Waals surface area contributed by atoms with Gasteiger partial charge in [0, 0.05) is 51.7 Å². The Balaban J connectivity index is 1.61. The molecule has 0 aliphatic carbocycles. The molecule has 2 aliphatic heterocycles. The molecule has 0 aromatic carbocycles. The lowest BCUT2D eigenvalue weighted by Gasteiger charge is -2.48. The Morgan fingerprint density at radius 2 is 2.21 bits per heavy atom. The lowest BCUT2D eigenvalue weighted by molar-refractivity contribution is -0.139. The molecule has 1 aromatic heterocycles. The van der Waals surface area contributed by atoms with Gasteiger partial charge in [-0.2, -0.15) is 0 Å². The molecule has 1 atom stereocenters. The van der Waals surface area contributed by atoms with Crippen LogP contribution in [0.3, 0.4) is 0 Å². The van der Waals surface area contributed by atoms with Gasteiger partial charge in [0.15, 0.2) is 0 Å². The van der Waals surface area contributed by atoms with E-state index < -0.39 is 0 Å². The first-order valence-electron chi connectivity index (χ1n) is 8.89. The molecule has 7 heteroatoms. The summed E-state index contributed by atoms with van der Waals surface area (Å²) in [5, 5.41) is 4.13. The zero-order valence-corrected chi connectivity index (χ0v) is 15.6. The fourth-order valence-electron chi connectivity index (χ4n) is 4.08. The summed E-state index contributed by atoms with van der Waals surface area (Å²) >= 11 is 1.51. The maximum Gasteiger partial charge on any atom is 0.222 e. The van der Waals surface area contributed by atoms with Gasteiger partial charge < -0.3 is 9.64 Å². The molecule has 2 fully saturated rings. The molecule has 1 aromatic rings. The summed E-state index contributed by atoms with van der Waals surface area (Å²) in [6, 6.07) is 0. The van der Waals surface area contributed by atoms with E-state index in [4.69, 9.17) is 4.74 Å². The number of carbonyl (C=O) groups excluding carboxylic acids is 1. The molecule has 2 saturated heterocycles. The van der Waals surface area contributed by atoms with E-state index in [-0.39, 0.29) is 5.41 Å². The highest BCUT2D eigenvalue weighted by atomic mass is 32.1. The molecule has 1 amide bonds. The third kappa shape index (κ3) is 4.13. The quantitative estimate of drug-likeness (QED) is 0.734. The second-order valence-corrected chi connectivity index (χ2v) is 8.10. The number of methoxy groups -OCH3 is 1. The number of likely N-dealkylation sites (tertiary alicyclic amines) is 2. The van der Waals surface area contributed by atoms with E-state index in [0.29, 0.717) is 12.3 Å². The molecular weight excluding hydrogens is 324 g/mol. The number of hydrogen-bond donors (Lipinski definition) is 0. The molecule has 0 N–H and O–H groups in total. The summed E-state index contributed by atoms with van der Waals surface area (Å²) in [5.74, 6) is 0.316. The van der Waals surface area contributed by atoms with Crippen molar-refractivity contribution in [1.82, 2.24) is 19.4 Å². The van der Waals surface area contributed by atoms with E-state index in [1.54, 1.807) is 7.11 Å². The van der Waals surface area contributed by atoms with Crippen LogP contribution in [0, 0.1) is 12.3 Å². The monoisotopic (exact) mass is 352 g/mol. The lowest BCUT2D eigenvalue weighted by atomic mass is 9.73. The Bertz CT molecular complexity index is 565. The number of rotatable bonds is 6. The molecule has 134 valence electrons. The molecular formula is C17H28N4O2S. The van der Waals surface area contributed by atoms with Crippen LogP contribution in [0.15, 0.2) is 0 Å². The highest BCUT2D eigenvalue weighted by Gasteiger charge is 2.41. The van der Waals surface area contributed by atoms with Crippen molar-refractivity contribution < 1.29 is 9.53 Å². The van der Waals surface area contributed by atoms with Crippen molar-refractivity contribution >= 4 is 17.4 Å². The van der Waals surface area contributed by atoms with Gasteiger partial charge in [-0.05, 0) is 50.7 Å². The first-order valence-corrected chi connectivity index (χ1v) is 9.66. The van der Waals surface area contributed by atoms with E-state index >= 15 is 0 Å². The van der Waals surface area contributed by atoms with Gasteiger partial charge in [0.25, 0.3) is 0 Å². The molecule has 3 heterocycles. The topological polar surface area (TPSA) is 58.6 Å². The SMILES string of the molecule is COCCCN1C[C@]2(CCCN(Cc3snnc3C)C2)CCC1=O. The summed E-state index contributed by atoms with van der Waals surface area (Å²) in [6.45, 7) is 7.66. The van der Waals surface area contributed by atoms with Crippen LogP contribution in [0.25, 0.3) is 0 Å². The fourth-order valence-corrected chi connectivity index (χ4v) is 4.76. The molecule has 2 aliphatic rings. The van der Waals surface area contributed by atoms with Gasteiger partial charge in [-0.15, -0.1) is 5.10 Å². The second-order valence-electron chi connectivity index (χ2n) is 7.26. The molecule has 24 heavy (non-hydrogen) atoms. The van der Waals surface area contributed by atoms with Crippen molar-refractivity contribution in [2.75, 3.05) is 39.9 Å². The largest absolute Gasteiger partial charge is 0.385 e. The first kappa shape index (κ1) is 17.8. The minimum absolute atomic E-state index is 0.269. The average molecular weight is 353 g/mol. The van der Waals surface area contributed by atoms with Gasteiger partial charge in [0.1, 0.15) is 0 Å². The Labute approximate surface area is 148 Å². The molecule has 6 nitrogen and oxygen atoms in total. The van der Waals surface area contributed by atoms with Crippen LogP contribution in [-0.2, 0) is 16.1 Å². The number of aryl methyl sites for hydroxylation is 1. The van der Waals surface area contributed by atoms with Crippen molar-refractivity contribution in [3.8, 4) is 0 Å². The number of nitrogens with zero attached hydrogens (tertiary/aromatic N) is 4. The van der Waals surface area contributed by atoms with Gasteiger partial charge in [-0.3, -0.25) is 9.69 Å². The van der Waals surface area contributed by atoms with Gasteiger partial charge in [-0.1, -0.05) is 4.49 Å². The predicted octanol–water partition coefficient (Wildman–Crippen LogP) is 2.09. The molecule has 0 radical (unpaired) electrons. The summed E-state index contributed by atoms with van der Waals surface area (Å²) < 4.78 is 9.19. The van der Waals surface area contributed by atoms with Crippen molar-refractivity contribution in [1.29, 1.82) is 0 Å². The van der Waals surface area contributed by atoms with Crippen LogP contribution >= 0.6 is 11.5 Å². The van der Waals surface area contributed by atoms with Gasteiger partial charge >= 0.3 is 0 Å². The van der Waals surface area contributed by atoms with Gasteiger partial charge in [0.2, 0.25) is 5.91 Å². The summed E-state index contributed by atoms with van der Waals surface area (Å²) in [4.78, 5) is 18.1. The van der Waals surface area contributed by atoms with E-state index in [1.165, 1.54) is 29.3 Å². The van der Waals surface area contributed by atoms with E-state index in [0.717, 1.165) is 57.9 Å². The van der Waals surface area contributed by atoms with Crippen molar-refractivity contribution in [2.45, 2.75) is 45.6 Å². The number of hydrogen-bond acceptors (Lipinski definition) is 6. The number of ether oxygens (including phenoxy) is 1. The first-order chi connectivity index (χ1) is 11.6. The predicted molar refractivity (Wildman–Crippen MR) is 93.9 cm³/mol. The van der Waals surface area contributed by atoms with Crippen LogP contribution in [0.4, 0.5) is 0 Å². The maximum atomic E-state index is 12.3. The molecule has 0 unspecified atom stereocenters. The zero-order chi connectivity index (χ0) is 17.0. The van der Waals surface area contributed by atoms with E-state index in [9.17, 15) is 4.79 Å². The van der Waals surface area contributed by atoms with Crippen molar-refractivity contribution in [3.63, 3.8) is 0 Å². The second kappa shape index (κ2) is 7.89. The molecule has 0 saturated carbocycles. The third-order valence-corrected chi connectivity index (χ3v) is 6.19. The van der Waals surface area contributed by atoms with E-state index in [2.05, 4.69) is 19.4 Å². The normalized spacial score (nSPS) is 25.6. The number of amides is 1. The highest BCUT2D eigenvalue weighted by molar-refractivity contribution is 7.05. The lowest BCUT2D eigenvalue weighted by Crippen LogP contribution is -2.54. The number of carbonyl (C=O) groups is 1. The summed E-state index contributed by atoms with van der Waals surface area (Å²) in [5.41, 5.74) is 1.32. The minimum Gasteiger partial charge on any atom is -0.385 e. The summed E-state index contributed by atoms with van der Waals surface area (Å²) in [6.07, 6.45) is 5.10. The molecule has 3 rings (SSSR count). The number of piperidine rings is 2. The molecule has 1 spiro atoms. The van der Waals surface area contributed by atoms with Crippen molar-refractivity contribution in [3.05, 3.63) is 10.6 Å². The van der Waals surface area contributed by atoms with Crippen LogP contribution in [0.2, 0.25) is 0 Å². The average Bonchev–Trinajstić information content (AvgIpc) is 2.97. The maximum absolute atomic E-state index is 12.3. The Morgan fingerprint density at radius 3 is 2.96 bits per heavy atom. The number of aromatic nitrogens is 2. The standard InChI is InChI=1S/C17H28N4O2S/c1-14-15(24-19-18-14)11-20-8-3-6-17(12-20)7-5-16(22)21(13-17)9-4-10-23-2/h3-13H2,1-2H3/t17-/m1/s1. The van der Waals surface area contributed by atoms with Crippen LogP contribution < -0.4 is 0 Å². The smallest absolute Gasteiger partial charge is 0.222 e. The third-order valence-electron chi connectivity index (χ3n) is 5.38. The van der Waals surface area contributed by atoms with Crippen LogP contribution in [0.1, 0.15) is 42.7 Å². The van der Waals surface area contributed by atoms with E-state index in [1.807, 2.05) is 6.92 Å². The minimum atomic E-state index is 0.269. The Hall–Kier alpha value is -1.05.